The van der Waals surface area contributed by atoms with Crippen molar-refractivity contribution < 1.29 is 19.5 Å². The Bertz CT molecular complexity index is 1280. The molecule has 1 atom stereocenters. The number of thiol groups is 1. The Morgan fingerprint density at radius 1 is 0.973 bits per heavy atom. The third-order valence-electron chi connectivity index (χ3n) is 5.23. The van der Waals surface area contributed by atoms with E-state index in [-0.39, 0.29) is 24.3 Å². The summed E-state index contributed by atoms with van der Waals surface area (Å²) in [5.41, 5.74) is 3.55. The van der Waals surface area contributed by atoms with E-state index in [0.717, 1.165) is 22.3 Å². The number of hydrogen-bond acceptors (Lipinski definition) is 6. The Morgan fingerprint density at radius 2 is 1.65 bits per heavy atom. The number of carbonyl (C=O) groups is 3. The molecule has 0 aliphatic rings. The van der Waals surface area contributed by atoms with Crippen LogP contribution in [0, 0.1) is 0 Å². The van der Waals surface area contributed by atoms with Crippen LogP contribution in [0.25, 0.3) is 22.5 Å². The highest BCUT2D eigenvalue weighted by Gasteiger charge is 2.22. The van der Waals surface area contributed by atoms with E-state index in [1.807, 2.05) is 77.2 Å². The Hall–Kier alpha value is -3.51. The van der Waals surface area contributed by atoms with Gasteiger partial charge in [0.25, 0.3) is 5.91 Å². The Morgan fingerprint density at radius 3 is 2.27 bits per heavy atom. The van der Waals surface area contributed by atoms with Gasteiger partial charge >= 0.3 is 5.97 Å². The van der Waals surface area contributed by atoms with Gasteiger partial charge in [-0.3, -0.25) is 14.4 Å². The van der Waals surface area contributed by atoms with Crippen molar-refractivity contribution in [1.82, 2.24) is 20.6 Å². The van der Waals surface area contributed by atoms with Crippen molar-refractivity contribution in [2.45, 2.75) is 18.9 Å². The quantitative estimate of drug-likeness (QED) is 0.109. The Labute approximate surface area is 233 Å². The molecule has 3 N–H and O–H groups in total. The van der Waals surface area contributed by atoms with E-state index in [0.29, 0.717) is 5.82 Å². The molecule has 2 amide bonds. The van der Waals surface area contributed by atoms with Crippen molar-refractivity contribution >= 4 is 53.0 Å². The highest BCUT2D eigenvalue weighted by atomic mass is 127. The van der Waals surface area contributed by atoms with Gasteiger partial charge < -0.3 is 15.7 Å². The minimum atomic E-state index is -1.03. The van der Waals surface area contributed by atoms with E-state index in [1.165, 1.54) is 6.08 Å². The van der Waals surface area contributed by atoms with Crippen LogP contribution in [0.2, 0.25) is 0 Å². The van der Waals surface area contributed by atoms with Crippen LogP contribution in [0.1, 0.15) is 12.0 Å². The second-order valence-electron chi connectivity index (χ2n) is 7.89. The van der Waals surface area contributed by atoms with Crippen LogP contribution >= 0.6 is 35.2 Å². The number of nitrogens with zero attached hydrogens (tertiary/aromatic N) is 2. The number of amides is 2. The number of hydrogen-bond donors (Lipinski definition) is 4. The van der Waals surface area contributed by atoms with E-state index in [1.54, 1.807) is 22.6 Å². The highest BCUT2D eigenvalue weighted by Crippen LogP contribution is 2.21. The molecule has 1 heterocycles. The van der Waals surface area contributed by atoms with Crippen molar-refractivity contribution in [3.8, 4) is 22.5 Å². The highest BCUT2D eigenvalue weighted by molar-refractivity contribution is 14.1. The number of aromatic nitrogens is 2. The van der Waals surface area contributed by atoms with E-state index in [9.17, 15) is 14.4 Å². The third-order valence-corrected chi connectivity index (χ3v) is 6.00. The minimum absolute atomic E-state index is 0.0447. The fourth-order valence-electron chi connectivity index (χ4n) is 3.34. The van der Waals surface area contributed by atoms with Gasteiger partial charge in [0.05, 0.1) is 11.3 Å². The molecule has 0 fully saturated rings. The second-order valence-corrected chi connectivity index (χ2v) is 9.09. The zero-order valence-electron chi connectivity index (χ0n) is 19.7. The van der Waals surface area contributed by atoms with E-state index in [4.69, 9.17) is 5.11 Å². The van der Waals surface area contributed by atoms with Gasteiger partial charge in [-0.05, 0) is 21.3 Å². The first-order chi connectivity index (χ1) is 17.9. The number of halogens is 1. The average Bonchev–Trinajstić information content (AvgIpc) is 2.92. The molecular formula is C27H25IN4O4S. The summed E-state index contributed by atoms with van der Waals surface area (Å²) in [5, 5.41) is 14.1. The maximum Gasteiger partial charge on any atom is 0.305 e. The standard InChI is InChI=1S/C27H25IN4O4S/c28-13-4-7-23(37)27(36)32-22(26(35)29-14-12-24(33)34)15-18-8-10-20(11-9-18)25-30-16-21(17-31-25)19-5-2-1-3-6-19/h1-11,13,16-17,22,37H,12,14-15H2,(H,29,35)(H,32,36)(H,33,34)/b13-4-,23-7-. The molecule has 10 heteroatoms. The lowest BCUT2D eigenvalue weighted by atomic mass is 10.0. The van der Waals surface area contributed by atoms with Crippen molar-refractivity contribution in [1.29, 1.82) is 0 Å². The fourth-order valence-corrected chi connectivity index (χ4v) is 3.70. The van der Waals surface area contributed by atoms with Gasteiger partial charge in [-0.2, -0.15) is 0 Å². The number of aliphatic carboxylic acids is 1. The molecular weight excluding hydrogens is 603 g/mol. The number of allylic oxidation sites excluding steroid dienone is 2. The topological polar surface area (TPSA) is 121 Å². The van der Waals surface area contributed by atoms with Gasteiger partial charge in [-0.15, -0.1) is 12.6 Å². The molecule has 0 bridgehead atoms. The molecule has 0 saturated carbocycles. The summed E-state index contributed by atoms with van der Waals surface area (Å²) in [6.07, 6.45) is 6.69. The summed E-state index contributed by atoms with van der Waals surface area (Å²) >= 11 is 6.20. The van der Waals surface area contributed by atoms with Crippen LogP contribution in [-0.2, 0) is 20.8 Å². The lowest BCUT2D eigenvalue weighted by Crippen LogP contribution is -2.48. The summed E-state index contributed by atoms with van der Waals surface area (Å²) in [5.74, 6) is -1.46. The minimum Gasteiger partial charge on any atom is -0.481 e. The zero-order valence-corrected chi connectivity index (χ0v) is 22.7. The average molecular weight is 628 g/mol. The van der Waals surface area contributed by atoms with Gasteiger partial charge in [0, 0.05) is 36.5 Å². The summed E-state index contributed by atoms with van der Waals surface area (Å²) in [7, 11) is 0. The van der Waals surface area contributed by atoms with E-state index in [2.05, 4.69) is 33.2 Å². The molecule has 3 aromatic rings. The summed E-state index contributed by atoms with van der Waals surface area (Å²) in [4.78, 5) is 45.1. The van der Waals surface area contributed by atoms with Crippen molar-refractivity contribution in [2.75, 3.05) is 6.54 Å². The molecule has 8 nitrogen and oxygen atoms in total. The van der Waals surface area contributed by atoms with Crippen LogP contribution in [0.15, 0.2) is 88.1 Å². The van der Waals surface area contributed by atoms with Crippen molar-refractivity contribution in [3.05, 3.63) is 93.7 Å². The summed E-state index contributed by atoms with van der Waals surface area (Å²) in [6.45, 7) is -0.0447. The van der Waals surface area contributed by atoms with Crippen LogP contribution in [-0.4, -0.2) is 45.4 Å². The third kappa shape index (κ3) is 8.83. The van der Waals surface area contributed by atoms with Crippen LogP contribution in [0.3, 0.4) is 0 Å². The smallest absolute Gasteiger partial charge is 0.305 e. The number of carboxylic acids is 1. The maximum atomic E-state index is 12.7. The number of carbonyl (C=O) groups excluding carboxylic acids is 2. The van der Waals surface area contributed by atoms with Crippen molar-refractivity contribution in [3.63, 3.8) is 0 Å². The van der Waals surface area contributed by atoms with Gasteiger partial charge in [0.2, 0.25) is 5.91 Å². The van der Waals surface area contributed by atoms with Gasteiger partial charge in [0.1, 0.15) is 6.04 Å². The Balaban J connectivity index is 1.72. The molecule has 190 valence electrons. The van der Waals surface area contributed by atoms with Gasteiger partial charge in [-0.25, -0.2) is 9.97 Å². The van der Waals surface area contributed by atoms with Crippen LogP contribution < -0.4 is 10.6 Å². The number of benzene rings is 2. The fraction of sp³-hybridized carbons (Fsp3) is 0.148. The largest absolute Gasteiger partial charge is 0.481 e. The van der Waals surface area contributed by atoms with Crippen molar-refractivity contribution in [2.24, 2.45) is 0 Å². The number of carboxylic acid groups (broad SMARTS) is 1. The molecule has 0 spiro atoms. The lowest BCUT2D eigenvalue weighted by molar-refractivity contribution is -0.137. The molecule has 1 unspecified atom stereocenters. The van der Waals surface area contributed by atoms with Gasteiger partial charge in [0.15, 0.2) is 5.82 Å². The predicted molar refractivity (Wildman–Crippen MR) is 154 cm³/mol. The van der Waals surface area contributed by atoms with E-state index < -0.39 is 23.8 Å². The zero-order chi connectivity index (χ0) is 26.6. The molecule has 0 aliphatic heterocycles. The lowest BCUT2D eigenvalue weighted by Gasteiger charge is -2.19. The Kier molecular flexibility index (Phi) is 10.8. The summed E-state index contributed by atoms with van der Waals surface area (Å²) < 4.78 is 1.72. The molecule has 0 aliphatic carbocycles. The number of nitrogens with one attached hydrogen (secondary N) is 2. The normalized spacial score (nSPS) is 12.2. The number of rotatable bonds is 11. The molecule has 1 aromatic heterocycles. The summed E-state index contributed by atoms with van der Waals surface area (Å²) in [6, 6.07) is 16.3. The molecule has 0 saturated heterocycles. The first kappa shape index (κ1) is 28.1. The molecule has 0 radical (unpaired) electrons. The molecule has 3 rings (SSSR count). The van der Waals surface area contributed by atoms with E-state index >= 15 is 0 Å². The van der Waals surface area contributed by atoms with Gasteiger partial charge in [-0.1, -0.05) is 83.3 Å². The van der Waals surface area contributed by atoms with Crippen LogP contribution in [0.4, 0.5) is 0 Å². The first-order valence-electron chi connectivity index (χ1n) is 11.3. The predicted octanol–water partition coefficient (Wildman–Crippen LogP) is 4.19. The van der Waals surface area contributed by atoms with Crippen LogP contribution in [0.5, 0.6) is 0 Å². The molecule has 2 aromatic carbocycles. The monoisotopic (exact) mass is 628 g/mol. The first-order valence-corrected chi connectivity index (χ1v) is 13.0. The molecule has 37 heavy (non-hydrogen) atoms. The maximum absolute atomic E-state index is 12.7. The SMILES string of the molecule is O=C(O)CCNC(=O)C(Cc1ccc(-c2ncc(-c3ccccc3)cn2)cc1)NC(=O)/C(S)=C/C=C\I. The second kappa shape index (κ2) is 14.3.